The van der Waals surface area contributed by atoms with Crippen LogP contribution in [0.15, 0.2) is 0 Å². The van der Waals surface area contributed by atoms with E-state index in [1.165, 1.54) is 11.8 Å². The maximum Gasteiger partial charge on any atom is 0.329 e. The van der Waals surface area contributed by atoms with Gasteiger partial charge in [-0.3, -0.25) is 4.79 Å². The number of hydrogen-bond acceptors (Lipinski definition) is 3. The first-order valence-electron chi connectivity index (χ1n) is 6.45. The van der Waals surface area contributed by atoms with E-state index in [1.807, 2.05) is 6.92 Å². The van der Waals surface area contributed by atoms with E-state index in [4.69, 9.17) is 5.11 Å². The number of hydrogen-bond donors (Lipinski definition) is 3. The van der Waals surface area contributed by atoms with Crippen LogP contribution in [0, 0.1) is 0 Å². The zero-order chi connectivity index (χ0) is 14.6. The van der Waals surface area contributed by atoms with Crippen molar-refractivity contribution in [2.45, 2.75) is 45.2 Å². The van der Waals surface area contributed by atoms with Gasteiger partial charge in [-0.1, -0.05) is 13.8 Å². The average Bonchev–Trinajstić information content (AvgIpc) is 2.37. The molecule has 1 aliphatic heterocycles. The number of nitrogens with one attached hydrogen (secondary N) is 2. The highest BCUT2D eigenvalue weighted by molar-refractivity contribution is 5.90. The van der Waals surface area contributed by atoms with Gasteiger partial charge in [-0.15, -0.1) is 0 Å². The average molecular weight is 271 g/mol. The van der Waals surface area contributed by atoms with Gasteiger partial charge < -0.3 is 20.6 Å². The van der Waals surface area contributed by atoms with Crippen molar-refractivity contribution in [1.29, 1.82) is 0 Å². The first-order valence-corrected chi connectivity index (χ1v) is 6.45. The van der Waals surface area contributed by atoms with Crippen molar-refractivity contribution in [2.75, 3.05) is 13.1 Å². The Labute approximate surface area is 112 Å². The second-order valence-corrected chi connectivity index (χ2v) is 4.83. The summed E-state index contributed by atoms with van der Waals surface area (Å²) in [5.74, 6) is -1.28. The Balaban J connectivity index is 2.81. The summed E-state index contributed by atoms with van der Waals surface area (Å²) >= 11 is 0. The van der Waals surface area contributed by atoms with E-state index in [0.29, 0.717) is 19.5 Å². The minimum absolute atomic E-state index is 0.197. The van der Waals surface area contributed by atoms with Crippen molar-refractivity contribution >= 4 is 17.9 Å². The summed E-state index contributed by atoms with van der Waals surface area (Å²) in [4.78, 5) is 36.4. The summed E-state index contributed by atoms with van der Waals surface area (Å²) < 4.78 is 0. The minimum Gasteiger partial charge on any atom is -0.480 e. The number of aliphatic carboxylic acids is 1. The molecule has 0 aliphatic carbocycles. The molecule has 1 heterocycles. The van der Waals surface area contributed by atoms with Gasteiger partial charge in [-0.2, -0.15) is 0 Å². The zero-order valence-electron chi connectivity index (χ0n) is 11.5. The van der Waals surface area contributed by atoms with Crippen LogP contribution in [0.1, 0.15) is 33.6 Å². The summed E-state index contributed by atoms with van der Waals surface area (Å²) in [6.45, 7) is 5.73. The predicted molar refractivity (Wildman–Crippen MR) is 68.7 cm³/mol. The Morgan fingerprint density at radius 2 is 2.16 bits per heavy atom. The van der Waals surface area contributed by atoms with E-state index in [0.717, 1.165) is 0 Å². The molecule has 108 valence electrons. The lowest BCUT2D eigenvalue weighted by Gasteiger charge is -2.36. The third-order valence-corrected chi connectivity index (χ3v) is 3.54. The van der Waals surface area contributed by atoms with Crippen LogP contribution < -0.4 is 10.6 Å². The molecule has 3 amide bonds. The first-order chi connectivity index (χ1) is 8.85. The number of nitrogens with zero attached hydrogens (tertiary/aromatic N) is 1. The quantitative estimate of drug-likeness (QED) is 0.678. The molecule has 0 aromatic heterocycles. The van der Waals surface area contributed by atoms with E-state index in [9.17, 15) is 14.4 Å². The molecule has 2 unspecified atom stereocenters. The standard InChI is InChI=1S/C12H21N3O4/c1-4-8-9(16)13-6-7-15(8)11(19)14-12(3,5-2)10(17)18/h8H,4-7H2,1-3H3,(H,13,16)(H,14,19)(H,17,18). The number of carbonyl (C=O) groups is 3. The molecule has 0 spiro atoms. The van der Waals surface area contributed by atoms with Gasteiger partial charge >= 0.3 is 12.0 Å². The van der Waals surface area contributed by atoms with Gasteiger partial charge in [0.15, 0.2) is 0 Å². The Morgan fingerprint density at radius 3 is 2.63 bits per heavy atom. The molecular weight excluding hydrogens is 250 g/mol. The van der Waals surface area contributed by atoms with Crippen LogP contribution in [0.5, 0.6) is 0 Å². The van der Waals surface area contributed by atoms with Gasteiger partial charge in [-0.05, 0) is 19.8 Å². The van der Waals surface area contributed by atoms with Crippen LogP contribution in [0.4, 0.5) is 4.79 Å². The van der Waals surface area contributed by atoms with E-state index >= 15 is 0 Å². The maximum absolute atomic E-state index is 12.2. The molecule has 0 aromatic carbocycles. The van der Waals surface area contributed by atoms with Crippen LogP contribution in [0.2, 0.25) is 0 Å². The predicted octanol–water partition coefficient (Wildman–Crippen LogP) is 0.160. The fourth-order valence-corrected chi connectivity index (χ4v) is 1.96. The van der Waals surface area contributed by atoms with Gasteiger partial charge in [0.2, 0.25) is 5.91 Å². The number of urea groups is 1. The van der Waals surface area contributed by atoms with Crippen molar-refractivity contribution in [3.05, 3.63) is 0 Å². The molecule has 19 heavy (non-hydrogen) atoms. The molecule has 0 saturated carbocycles. The highest BCUT2D eigenvalue weighted by Crippen LogP contribution is 2.13. The lowest BCUT2D eigenvalue weighted by Crippen LogP contribution is -2.63. The van der Waals surface area contributed by atoms with Crippen molar-refractivity contribution in [3.63, 3.8) is 0 Å². The van der Waals surface area contributed by atoms with Gasteiger partial charge in [-0.25, -0.2) is 9.59 Å². The van der Waals surface area contributed by atoms with Gasteiger partial charge in [0.1, 0.15) is 11.6 Å². The molecule has 2 atom stereocenters. The second kappa shape index (κ2) is 5.90. The summed E-state index contributed by atoms with van der Waals surface area (Å²) in [5, 5.41) is 14.3. The molecule has 1 rings (SSSR count). The van der Waals surface area contributed by atoms with Crippen molar-refractivity contribution in [2.24, 2.45) is 0 Å². The normalized spacial score (nSPS) is 22.4. The van der Waals surface area contributed by atoms with Crippen LogP contribution in [-0.4, -0.2) is 52.6 Å². The van der Waals surface area contributed by atoms with Crippen LogP contribution >= 0.6 is 0 Å². The van der Waals surface area contributed by atoms with E-state index in [2.05, 4.69) is 10.6 Å². The fourth-order valence-electron chi connectivity index (χ4n) is 1.96. The largest absolute Gasteiger partial charge is 0.480 e. The van der Waals surface area contributed by atoms with E-state index in [-0.39, 0.29) is 12.3 Å². The van der Waals surface area contributed by atoms with Gasteiger partial charge in [0.25, 0.3) is 0 Å². The molecule has 7 heteroatoms. The van der Waals surface area contributed by atoms with Crippen LogP contribution in [-0.2, 0) is 9.59 Å². The number of piperazine rings is 1. The van der Waals surface area contributed by atoms with Crippen molar-refractivity contribution in [3.8, 4) is 0 Å². The molecule has 1 fully saturated rings. The monoisotopic (exact) mass is 271 g/mol. The highest BCUT2D eigenvalue weighted by Gasteiger charge is 2.38. The Hall–Kier alpha value is -1.79. The number of rotatable bonds is 4. The molecule has 1 saturated heterocycles. The van der Waals surface area contributed by atoms with Crippen LogP contribution in [0.25, 0.3) is 0 Å². The van der Waals surface area contributed by atoms with Gasteiger partial charge in [0, 0.05) is 13.1 Å². The molecule has 0 radical (unpaired) electrons. The number of carboxylic acid groups (broad SMARTS) is 1. The molecule has 1 aliphatic rings. The minimum atomic E-state index is -1.32. The lowest BCUT2D eigenvalue weighted by molar-refractivity contribution is -0.143. The zero-order valence-corrected chi connectivity index (χ0v) is 11.5. The van der Waals surface area contributed by atoms with Crippen molar-refractivity contribution < 1.29 is 19.5 Å². The first kappa shape index (κ1) is 15.3. The maximum atomic E-state index is 12.2. The number of amides is 3. The summed E-state index contributed by atoms with van der Waals surface area (Å²) in [5.41, 5.74) is -1.32. The number of carboxylic acids is 1. The van der Waals surface area contributed by atoms with Crippen molar-refractivity contribution in [1.82, 2.24) is 15.5 Å². The molecule has 7 nitrogen and oxygen atoms in total. The Morgan fingerprint density at radius 1 is 1.53 bits per heavy atom. The molecular formula is C12H21N3O4. The highest BCUT2D eigenvalue weighted by atomic mass is 16.4. The summed E-state index contributed by atoms with van der Waals surface area (Å²) in [6.07, 6.45) is 0.764. The third-order valence-electron chi connectivity index (χ3n) is 3.54. The molecule has 0 aromatic rings. The molecule has 3 N–H and O–H groups in total. The lowest BCUT2D eigenvalue weighted by atomic mass is 9.99. The second-order valence-electron chi connectivity index (χ2n) is 4.83. The Kier molecular flexibility index (Phi) is 4.74. The smallest absolute Gasteiger partial charge is 0.329 e. The SMILES string of the molecule is CCC1C(=O)NCCN1C(=O)NC(C)(CC)C(=O)O. The Bertz CT molecular complexity index is 385. The van der Waals surface area contributed by atoms with E-state index < -0.39 is 23.6 Å². The third kappa shape index (κ3) is 3.15. The van der Waals surface area contributed by atoms with Crippen LogP contribution in [0.3, 0.4) is 0 Å². The molecule has 0 bridgehead atoms. The summed E-state index contributed by atoms with van der Waals surface area (Å²) in [6, 6.07) is -1.04. The topological polar surface area (TPSA) is 98.7 Å². The summed E-state index contributed by atoms with van der Waals surface area (Å²) in [7, 11) is 0. The fraction of sp³-hybridized carbons (Fsp3) is 0.750. The van der Waals surface area contributed by atoms with E-state index in [1.54, 1.807) is 6.92 Å². The number of carbonyl (C=O) groups excluding carboxylic acids is 2. The van der Waals surface area contributed by atoms with Gasteiger partial charge in [0.05, 0.1) is 0 Å².